The first-order valence-corrected chi connectivity index (χ1v) is 10.5. The van der Waals surface area contributed by atoms with Gasteiger partial charge in [0.15, 0.2) is 0 Å². The SMILES string of the molecule is Cc1cc(Br)ccc1NC(=O)CN(C)C(=O)Cc1c(C)nn(-c2ccccc2)c1C. The van der Waals surface area contributed by atoms with E-state index in [1.54, 1.807) is 7.05 Å². The highest BCUT2D eigenvalue weighted by Gasteiger charge is 2.19. The third-order valence-corrected chi connectivity index (χ3v) is 5.53. The molecule has 0 atom stereocenters. The zero-order valence-electron chi connectivity index (χ0n) is 17.6. The predicted molar refractivity (Wildman–Crippen MR) is 122 cm³/mol. The summed E-state index contributed by atoms with van der Waals surface area (Å²) in [5, 5.41) is 7.45. The van der Waals surface area contributed by atoms with Crippen LogP contribution in [0.15, 0.2) is 53.0 Å². The summed E-state index contributed by atoms with van der Waals surface area (Å²) in [7, 11) is 1.64. The minimum absolute atomic E-state index is 0.0146. The molecule has 156 valence electrons. The lowest BCUT2D eigenvalue weighted by molar-refractivity contribution is -0.132. The summed E-state index contributed by atoms with van der Waals surface area (Å²) < 4.78 is 2.80. The van der Waals surface area contributed by atoms with Crippen LogP contribution in [0.1, 0.15) is 22.5 Å². The summed E-state index contributed by atoms with van der Waals surface area (Å²) in [4.78, 5) is 26.6. The monoisotopic (exact) mass is 468 g/mol. The zero-order valence-corrected chi connectivity index (χ0v) is 19.2. The molecule has 1 aromatic heterocycles. The van der Waals surface area contributed by atoms with E-state index in [9.17, 15) is 9.59 Å². The lowest BCUT2D eigenvalue weighted by atomic mass is 10.1. The maximum absolute atomic E-state index is 12.8. The molecule has 0 saturated carbocycles. The highest BCUT2D eigenvalue weighted by Crippen LogP contribution is 2.21. The maximum Gasteiger partial charge on any atom is 0.243 e. The van der Waals surface area contributed by atoms with E-state index >= 15 is 0 Å². The van der Waals surface area contributed by atoms with Gasteiger partial charge in [-0.3, -0.25) is 9.59 Å². The molecule has 1 heterocycles. The normalized spacial score (nSPS) is 10.7. The van der Waals surface area contributed by atoms with Crippen LogP contribution in [0.4, 0.5) is 5.69 Å². The summed E-state index contributed by atoms with van der Waals surface area (Å²) in [6.07, 6.45) is 0.200. The summed E-state index contributed by atoms with van der Waals surface area (Å²) in [6.45, 7) is 5.77. The Kier molecular flexibility index (Phi) is 6.72. The van der Waals surface area contributed by atoms with Gasteiger partial charge in [0.1, 0.15) is 0 Å². The topological polar surface area (TPSA) is 67.2 Å². The maximum atomic E-state index is 12.8. The van der Waals surface area contributed by atoms with Gasteiger partial charge < -0.3 is 10.2 Å². The van der Waals surface area contributed by atoms with Crippen molar-refractivity contribution in [3.8, 4) is 5.69 Å². The number of nitrogens with zero attached hydrogens (tertiary/aromatic N) is 3. The molecule has 0 aliphatic rings. The van der Waals surface area contributed by atoms with Gasteiger partial charge in [-0.05, 0) is 56.7 Å². The van der Waals surface area contributed by atoms with Crippen molar-refractivity contribution in [2.24, 2.45) is 0 Å². The first kappa shape index (κ1) is 21.8. The Bertz CT molecular complexity index is 1080. The molecule has 2 aromatic carbocycles. The molecule has 0 aliphatic carbocycles. The fourth-order valence-electron chi connectivity index (χ4n) is 3.30. The van der Waals surface area contributed by atoms with Crippen LogP contribution in [0.5, 0.6) is 0 Å². The number of benzene rings is 2. The molecule has 0 radical (unpaired) electrons. The van der Waals surface area contributed by atoms with Gasteiger partial charge in [0.25, 0.3) is 0 Å². The van der Waals surface area contributed by atoms with Crippen molar-refractivity contribution in [2.45, 2.75) is 27.2 Å². The number of hydrogen-bond donors (Lipinski definition) is 1. The predicted octanol–water partition coefficient (Wildman–Crippen LogP) is 4.20. The number of halogens is 1. The van der Waals surface area contributed by atoms with Crippen LogP contribution in [-0.2, 0) is 16.0 Å². The average Bonchev–Trinajstić information content (AvgIpc) is 2.99. The molecular formula is C23H25BrN4O2. The van der Waals surface area contributed by atoms with Crippen molar-refractivity contribution in [3.63, 3.8) is 0 Å². The summed E-state index contributed by atoms with van der Waals surface area (Å²) in [5.41, 5.74) is 5.27. The molecule has 7 heteroatoms. The quantitative estimate of drug-likeness (QED) is 0.589. The Morgan fingerprint density at radius 3 is 2.47 bits per heavy atom. The number of hydrogen-bond acceptors (Lipinski definition) is 3. The second-order valence-corrected chi connectivity index (χ2v) is 8.25. The van der Waals surface area contributed by atoms with Gasteiger partial charge in [-0.15, -0.1) is 0 Å². The van der Waals surface area contributed by atoms with Crippen LogP contribution in [0.2, 0.25) is 0 Å². The molecule has 6 nitrogen and oxygen atoms in total. The van der Waals surface area contributed by atoms with E-state index < -0.39 is 0 Å². The third kappa shape index (κ3) is 4.97. The van der Waals surface area contributed by atoms with Gasteiger partial charge in [-0.1, -0.05) is 34.1 Å². The molecule has 0 bridgehead atoms. The van der Waals surface area contributed by atoms with Crippen molar-refractivity contribution in [1.29, 1.82) is 0 Å². The van der Waals surface area contributed by atoms with Gasteiger partial charge in [-0.25, -0.2) is 4.68 Å². The Labute approximate surface area is 185 Å². The molecule has 0 saturated heterocycles. The summed E-state index contributed by atoms with van der Waals surface area (Å²) in [5.74, 6) is -0.360. The van der Waals surface area contributed by atoms with E-state index in [-0.39, 0.29) is 24.8 Å². The zero-order chi connectivity index (χ0) is 21.8. The van der Waals surface area contributed by atoms with Crippen molar-refractivity contribution in [2.75, 3.05) is 18.9 Å². The molecular weight excluding hydrogens is 444 g/mol. The molecule has 2 amide bonds. The van der Waals surface area contributed by atoms with E-state index in [2.05, 4.69) is 26.3 Å². The summed E-state index contributed by atoms with van der Waals surface area (Å²) in [6, 6.07) is 15.5. The van der Waals surface area contributed by atoms with E-state index in [0.29, 0.717) is 0 Å². The minimum atomic E-state index is -0.232. The van der Waals surface area contributed by atoms with E-state index in [1.807, 2.05) is 74.0 Å². The highest BCUT2D eigenvalue weighted by molar-refractivity contribution is 9.10. The smallest absolute Gasteiger partial charge is 0.243 e. The summed E-state index contributed by atoms with van der Waals surface area (Å²) >= 11 is 3.41. The number of rotatable bonds is 6. The first-order valence-electron chi connectivity index (χ1n) is 9.66. The molecule has 0 aliphatic heterocycles. The standard InChI is InChI=1S/C23H25BrN4O2/c1-15-12-18(24)10-11-21(15)25-22(29)14-27(4)23(30)13-20-16(2)26-28(17(20)3)19-8-6-5-7-9-19/h5-12H,13-14H2,1-4H3,(H,25,29). The highest BCUT2D eigenvalue weighted by atomic mass is 79.9. The Morgan fingerprint density at radius 1 is 1.10 bits per heavy atom. The Balaban J connectivity index is 1.66. The van der Waals surface area contributed by atoms with E-state index in [0.717, 1.165) is 38.4 Å². The molecule has 3 rings (SSSR count). The lowest BCUT2D eigenvalue weighted by Crippen LogP contribution is -2.36. The van der Waals surface area contributed by atoms with Crippen LogP contribution in [0.3, 0.4) is 0 Å². The molecule has 1 N–H and O–H groups in total. The number of anilines is 1. The van der Waals surface area contributed by atoms with E-state index in [1.165, 1.54) is 4.90 Å². The van der Waals surface area contributed by atoms with Crippen molar-refractivity contribution in [1.82, 2.24) is 14.7 Å². The van der Waals surface area contributed by atoms with Gasteiger partial charge >= 0.3 is 0 Å². The van der Waals surface area contributed by atoms with Crippen LogP contribution < -0.4 is 5.32 Å². The number of carbonyl (C=O) groups is 2. The van der Waals surface area contributed by atoms with Gasteiger partial charge in [-0.2, -0.15) is 5.10 Å². The van der Waals surface area contributed by atoms with Crippen LogP contribution in [0.25, 0.3) is 5.69 Å². The van der Waals surface area contributed by atoms with Crippen molar-refractivity contribution < 1.29 is 9.59 Å². The third-order valence-electron chi connectivity index (χ3n) is 5.04. The van der Waals surface area contributed by atoms with E-state index in [4.69, 9.17) is 0 Å². The average molecular weight is 469 g/mol. The Morgan fingerprint density at radius 2 is 1.80 bits per heavy atom. The fraction of sp³-hybridized carbons (Fsp3) is 0.261. The molecule has 0 spiro atoms. The number of nitrogens with one attached hydrogen (secondary N) is 1. The van der Waals surface area contributed by atoms with Gasteiger partial charge in [0.2, 0.25) is 11.8 Å². The molecule has 0 fully saturated rings. The Hall–Kier alpha value is -2.93. The van der Waals surface area contributed by atoms with Crippen molar-refractivity contribution >= 4 is 33.4 Å². The van der Waals surface area contributed by atoms with Crippen molar-refractivity contribution in [3.05, 3.63) is 75.5 Å². The largest absolute Gasteiger partial charge is 0.336 e. The minimum Gasteiger partial charge on any atom is -0.336 e. The molecule has 30 heavy (non-hydrogen) atoms. The van der Waals surface area contributed by atoms with Crippen LogP contribution in [0, 0.1) is 20.8 Å². The number of aryl methyl sites for hydroxylation is 2. The number of amides is 2. The number of para-hydroxylation sites is 1. The lowest BCUT2D eigenvalue weighted by Gasteiger charge is -2.17. The first-order chi connectivity index (χ1) is 14.3. The van der Waals surface area contributed by atoms with Crippen LogP contribution >= 0.6 is 15.9 Å². The number of carbonyl (C=O) groups excluding carboxylic acids is 2. The fourth-order valence-corrected chi connectivity index (χ4v) is 3.77. The van der Waals surface area contributed by atoms with Gasteiger partial charge in [0, 0.05) is 28.5 Å². The molecule has 0 unspecified atom stereocenters. The van der Waals surface area contributed by atoms with Gasteiger partial charge in [0.05, 0.1) is 24.3 Å². The number of aromatic nitrogens is 2. The molecule has 3 aromatic rings. The number of likely N-dealkylation sites (N-methyl/N-ethyl adjacent to an activating group) is 1. The second-order valence-electron chi connectivity index (χ2n) is 7.33. The van der Waals surface area contributed by atoms with Crippen LogP contribution in [-0.4, -0.2) is 40.1 Å². The second kappa shape index (κ2) is 9.26.